The number of ether oxygens (including phenoxy) is 2. The maximum absolute atomic E-state index is 14.4. The molecule has 7 heteroatoms. The fraction of sp³-hybridized carbons (Fsp3) is 0.682. The average molecular weight is 411 g/mol. The molecule has 1 aromatic rings. The average Bonchev–Trinajstić information content (AvgIpc) is 3.07. The Labute approximate surface area is 171 Å². The van der Waals surface area contributed by atoms with Crippen LogP contribution in [0.1, 0.15) is 52.0 Å². The Morgan fingerprint density at radius 2 is 1.76 bits per heavy atom. The number of rotatable bonds is 6. The number of likely N-dealkylation sites (tertiary alicyclic amines) is 1. The van der Waals surface area contributed by atoms with Gasteiger partial charge in [0.2, 0.25) is 0 Å². The molecule has 1 aliphatic carbocycles. The molecule has 1 aliphatic heterocycles. The molecule has 2 aliphatic rings. The summed E-state index contributed by atoms with van der Waals surface area (Å²) in [7, 11) is 1.71. The SMILES string of the molecule is CN(CC1CC(Oc2cc(F)c(CN3CCCC3)c(F)c2)C1)C(=O)OC(C)(C)C. The number of halogens is 2. The number of carbonyl (C=O) groups excluding carboxylic acids is 1. The second kappa shape index (κ2) is 8.86. The van der Waals surface area contributed by atoms with E-state index in [4.69, 9.17) is 9.47 Å². The van der Waals surface area contributed by atoms with Crippen LogP contribution in [0.2, 0.25) is 0 Å². The van der Waals surface area contributed by atoms with E-state index in [0.29, 0.717) is 19.0 Å². The van der Waals surface area contributed by atoms with Gasteiger partial charge in [0.15, 0.2) is 0 Å². The Hall–Kier alpha value is -1.89. The van der Waals surface area contributed by atoms with Crippen molar-refractivity contribution in [1.82, 2.24) is 9.80 Å². The number of carbonyl (C=O) groups is 1. The molecule has 2 fully saturated rings. The second-order valence-corrected chi connectivity index (χ2v) is 9.29. The van der Waals surface area contributed by atoms with Crippen molar-refractivity contribution >= 4 is 6.09 Å². The van der Waals surface area contributed by atoms with Crippen LogP contribution in [0.4, 0.5) is 13.6 Å². The minimum atomic E-state index is -0.549. The van der Waals surface area contributed by atoms with Gasteiger partial charge in [0.05, 0.1) is 6.10 Å². The molecule has 0 atom stereocenters. The molecule has 5 nitrogen and oxygen atoms in total. The summed E-state index contributed by atoms with van der Waals surface area (Å²) >= 11 is 0. The first-order valence-electron chi connectivity index (χ1n) is 10.4. The Bertz CT molecular complexity index is 700. The summed E-state index contributed by atoms with van der Waals surface area (Å²) in [6.07, 6.45) is 3.21. The first-order valence-corrected chi connectivity index (χ1v) is 10.4. The van der Waals surface area contributed by atoms with Crippen LogP contribution in [-0.2, 0) is 11.3 Å². The van der Waals surface area contributed by atoms with E-state index in [2.05, 4.69) is 4.90 Å². The van der Waals surface area contributed by atoms with Gasteiger partial charge in [-0.3, -0.25) is 4.90 Å². The van der Waals surface area contributed by atoms with Crippen LogP contribution in [0, 0.1) is 17.6 Å². The Morgan fingerprint density at radius 3 is 2.31 bits per heavy atom. The third-order valence-corrected chi connectivity index (χ3v) is 5.43. The Kier molecular flexibility index (Phi) is 6.66. The molecule has 0 unspecified atom stereocenters. The lowest BCUT2D eigenvalue weighted by molar-refractivity contribution is 0.0117. The van der Waals surface area contributed by atoms with Crippen molar-refractivity contribution in [2.75, 3.05) is 26.7 Å². The number of nitrogens with zero attached hydrogens (tertiary/aromatic N) is 2. The zero-order chi connectivity index (χ0) is 21.2. The predicted octanol–water partition coefficient (Wildman–Crippen LogP) is 4.58. The standard InChI is InChI=1S/C22H32F2N2O3/c1-22(2,3)29-21(27)25(4)13-15-9-16(10-15)28-17-11-19(23)18(20(24)12-17)14-26-7-5-6-8-26/h11-12,15-16H,5-10,13-14H2,1-4H3. The van der Waals surface area contributed by atoms with E-state index in [1.807, 2.05) is 20.8 Å². The summed E-state index contributed by atoms with van der Waals surface area (Å²) in [6.45, 7) is 8.16. The highest BCUT2D eigenvalue weighted by atomic mass is 19.1. The summed E-state index contributed by atoms with van der Waals surface area (Å²) in [6, 6.07) is 2.57. The van der Waals surface area contributed by atoms with Crippen LogP contribution in [0.5, 0.6) is 5.75 Å². The van der Waals surface area contributed by atoms with Crippen molar-refractivity contribution < 1.29 is 23.0 Å². The fourth-order valence-electron chi connectivity index (χ4n) is 3.88. The van der Waals surface area contributed by atoms with Gasteiger partial charge in [-0.1, -0.05) is 0 Å². The van der Waals surface area contributed by atoms with Crippen LogP contribution >= 0.6 is 0 Å². The van der Waals surface area contributed by atoms with E-state index in [9.17, 15) is 13.6 Å². The van der Waals surface area contributed by atoms with Crippen molar-refractivity contribution in [2.24, 2.45) is 5.92 Å². The quantitative estimate of drug-likeness (QED) is 0.688. The molecule has 0 aromatic heterocycles. The van der Waals surface area contributed by atoms with Crippen LogP contribution < -0.4 is 4.74 Å². The van der Waals surface area contributed by atoms with Gasteiger partial charge >= 0.3 is 6.09 Å². The lowest BCUT2D eigenvalue weighted by Crippen LogP contribution is -2.43. The predicted molar refractivity (Wildman–Crippen MR) is 107 cm³/mol. The first-order chi connectivity index (χ1) is 13.6. The van der Waals surface area contributed by atoms with E-state index < -0.39 is 17.2 Å². The molecule has 0 spiro atoms. The molecule has 1 aromatic carbocycles. The Balaban J connectivity index is 1.47. The minimum absolute atomic E-state index is 0.0877. The van der Waals surface area contributed by atoms with E-state index in [-0.39, 0.29) is 23.5 Å². The van der Waals surface area contributed by atoms with E-state index >= 15 is 0 Å². The van der Waals surface area contributed by atoms with Crippen molar-refractivity contribution in [2.45, 2.75) is 64.7 Å². The van der Waals surface area contributed by atoms with Gasteiger partial charge in [-0.15, -0.1) is 0 Å². The van der Waals surface area contributed by atoms with Crippen LogP contribution in [0.3, 0.4) is 0 Å². The Morgan fingerprint density at radius 1 is 1.17 bits per heavy atom. The van der Waals surface area contributed by atoms with E-state index in [0.717, 1.165) is 38.8 Å². The summed E-state index contributed by atoms with van der Waals surface area (Å²) in [5.41, 5.74) is -0.407. The van der Waals surface area contributed by atoms with Crippen LogP contribution in [0.25, 0.3) is 0 Å². The van der Waals surface area contributed by atoms with Gasteiger partial charge in [0, 0.05) is 37.8 Å². The molecule has 3 rings (SSSR count). The van der Waals surface area contributed by atoms with Gasteiger partial charge in [-0.25, -0.2) is 13.6 Å². The largest absolute Gasteiger partial charge is 0.490 e. The molecule has 0 N–H and O–H groups in total. The lowest BCUT2D eigenvalue weighted by atomic mass is 9.82. The molecule has 1 saturated carbocycles. The molecule has 162 valence electrons. The molecule has 0 bridgehead atoms. The van der Waals surface area contributed by atoms with Crippen molar-refractivity contribution in [1.29, 1.82) is 0 Å². The van der Waals surface area contributed by atoms with Crippen LogP contribution in [0.15, 0.2) is 12.1 Å². The third kappa shape index (κ3) is 6.04. The zero-order valence-electron chi connectivity index (χ0n) is 17.8. The van der Waals surface area contributed by atoms with Crippen LogP contribution in [-0.4, -0.2) is 54.3 Å². The van der Waals surface area contributed by atoms with Gasteiger partial charge in [0.1, 0.15) is 23.0 Å². The van der Waals surface area contributed by atoms with Crippen molar-refractivity contribution in [3.05, 3.63) is 29.3 Å². The molecule has 29 heavy (non-hydrogen) atoms. The topological polar surface area (TPSA) is 42.0 Å². The normalized spacial score (nSPS) is 22.3. The van der Waals surface area contributed by atoms with Gasteiger partial charge in [-0.05, 0) is 65.5 Å². The summed E-state index contributed by atoms with van der Waals surface area (Å²) in [5.74, 6) is -0.573. The maximum atomic E-state index is 14.4. The second-order valence-electron chi connectivity index (χ2n) is 9.29. The van der Waals surface area contributed by atoms with Gasteiger partial charge < -0.3 is 14.4 Å². The highest BCUT2D eigenvalue weighted by Gasteiger charge is 2.33. The smallest absolute Gasteiger partial charge is 0.410 e. The summed E-state index contributed by atoms with van der Waals surface area (Å²) in [4.78, 5) is 15.7. The molecule has 1 saturated heterocycles. The molecule has 1 amide bonds. The molecule has 0 radical (unpaired) electrons. The summed E-state index contributed by atoms with van der Waals surface area (Å²) < 4.78 is 39.9. The molecular formula is C22H32F2N2O3. The van der Waals surface area contributed by atoms with Gasteiger partial charge in [-0.2, -0.15) is 0 Å². The number of hydrogen-bond donors (Lipinski definition) is 0. The van der Waals surface area contributed by atoms with Crippen molar-refractivity contribution in [3.8, 4) is 5.75 Å². The minimum Gasteiger partial charge on any atom is -0.490 e. The van der Waals surface area contributed by atoms with Gasteiger partial charge in [0.25, 0.3) is 0 Å². The van der Waals surface area contributed by atoms with Crippen molar-refractivity contribution in [3.63, 3.8) is 0 Å². The lowest BCUT2D eigenvalue weighted by Gasteiger charge is -2.37. The monoisotopic (exact) mass is 410 g/mol. The fourth-order valence-corrected chi connectivity index (χ4v) is 3.88. The molecular weight excluding hydrogens is 378 g/mol. The first kappa shape index (κ1) is 21.8. The highest BCUT2D eigenvalue weighted by molar-refractivity contribution is 5.67. The zero-order valence-corrected chi connectivity index (χ0v) is 17.8. The highest BCUT2D eigenvalue weighted by Crippen LogP contribution is 2.33. The maximum Gasteiger partial charge on any atom is 0.410 e. The van der Waals surface area contributed by atoms with E-state index in [1.165, 1.54) is 12.1 Å². The number of amides is 1. The number of benzene rings is 1. The third-order valence-electron chi connectivity index (χ3n) is 5.43. The number of hydrogen-bond acceptors (Lipinski definition) is 4. The van der Waals surface area contributed by atoms with E-state index in [1.54, 1.807) is 11.9 Å². The summed E-state index contributed by atoms with van der Waals surface area (Å²) in [5, 5.41) is 0. The molecule has 1 heterocycles.